The molecule has 0 fully saturated rings. The summed E-state index contributed by atoms with van der Waals surface area (Å²) in [6.07, 6.45) is 1.82. The Hall–Kier alpha value is -2.48. The van der Waals surface area contributed by atoms with Crippen LogP contribution >= 0.6 is 38.9 Å². The van der Waals surface area contributed by atoms with Gasteiger partial charge in [-0.2, -0.15) is 0 Å². The highest BCUT2D eigenvalue weighted by molar-refractivity contribution is 9.10. The van der Waals surface area contributed by atoms with Crippen molar-refractivity contribution in [1.82, 2.24) is 4.57 Å². The van der Waals surface area contributed by atoms with E-state index < -0.39 is 12.0 Å². The predicted octanol–water partition coefficient (Wildman–Crippen LogP) is 3.82. The number of halogens is 2. The van der Waals surface area contributed by atoms with Crippen LogP contribution in [0.2, 0.25) is 5.02 Å². The second-order valence-corrected chi connectivity index (χ2v) is 9.04. The largest absolute Gasteiger partial charge is 0.466 e. The van der Waals surface area contributed by atoms with Crippen LogP contribution in [0.15, 0.2) is 74.1 Å². The van der Waals surface area contributed by atoms with Gasteiger partial charge in [-0.25, -0.2) is 9.79 Å². The second kappa shape index (κ2) is 8.34. The molecule has 0 radical (unpaired) electrons. The van der Waals surface area contributed by atoms with E-state index in [2.05, 4.69) is 20.9 Å². The molecule has 8 heteroatoms. The molecule has 30 heavy (non-hydrogen) atoms. The van der Waals surface area contributed by atoms with Crippen LogP contribution in [0.1, 0.15) is 24.1 Å². The van der Waals surface area contributed by atoms with Crippen LogP contribution in [-0.4, -0.2) is 17.6 Å². The Bertz CT molecular complexity index is 1360. The first kappa shape index (κ1) is 20.8. The number of fused-ring (bicyclic) bond motifs is 1. The Morgan fingerprint density at radius 2 is 2.00 bits per heavy atom. The number of benzene rings is 2. The summed E-state index contributed by atoms with van der Waals surface area (Å²) in [4.78, 5) is 31.0. The van der Waals surface area contributed by atoms with Crippen LogP contribution in [0.25, 0.3) is 6.08 Å². The van der Waals surface area contributed by atoms with Crippen molar-refractivity contribution in [2.24, 2.45) is 4.99 Å². The molecule has 3 aromatic rings. The molecule has 1 aromatic heterocycles. The van der Waals surface area contributed by atoms with E-state index in [1.807, 2.05) is 30.3 Å². The molecule has 0 aliphatic carbocycles. The van der Waals surface area contributed by atoms with Gasteiger partial charge in [0.15, 0.2) is 4.80 Å². The average molecular weight is 504 g/mol. The molecular formula is C22H16BrClN2O3S. The molecule has 5 nitrogen and oxygen atoms in total. The third kappa shape index (κ3) is 3.80. The third-order valence-corrected chi connectivity index (χ3v) is 6.49. The van der Waals surface area contributed by atoms with Crippen LogP contribution in [0.5, 0.6) is 0 Å². The lowest BCUT2D eigenvalue weighted by Crippen LogP contribution is -2.39. The Morgan fingerprint density at radius 1 is 1.27 bits per heavy atom. The Balaban J connectivity index is 1.98. The maximum atomic E-state index is 13.4. The van der Waals surface area contributed by atoms with E-state index >= 15 is 0 Å². The average Bonchev–Trinajstić information content (AvgIpc) is 3.02. The summed E-state index contributed by atoms with van der Waals surface area (Å²) in [7, 11) is 1.32. The van der Waals surface area contributed by atoms with E-state index in [0.717, 1.165) is 15.6 Å². The number of hydrogen-bond acceptors (Lipinski definition) is 5. The molecule has 1 aliphatic rings. The van der Waals surface area contributed by atoms with Gasteiger partial charge in [0.1, 0.15) is 0 Å². The molecule has 4 rings (SSSR count). The summed E-state index contributed by atoms with van der Waals surface area (Å²) < 4.78 is 8.01. The molecule has 1 atom stereocenters. The minimum Gasteiger partial charge on any atom is -0.466 e. The van der Waals surface area contributed by atoms with Crippen LogP contribution in [0.4, 0.5) is 0 Å². The summed E-state index contributed by atoms with van der Waals surface area (Å²) in [5.74, 6) is -0.516. The fraction of sp³-hybridized carbons (Fsp3) is 0.136. The smallest absolute Gasteiger partial charge is 0.338 e. The maximum absolute atomic E-state index is 13.4. The number of methoxy groups -OCH3 is 1. The van der Waals surface area contributed by atoms with Gasteiger partial charge in [0.05, 0.1) is 29.0 Å². The van der Waals surface area contributed by atoms with Crippen molar-refractivity contribution in [3.8, 4) is 0 Å². The summed E-state index contributed by atoms with van der Waals surface area (Å²) in [5.41, 5.74) is 2.29. The number of carbonyl (C=O) groups excluding carboxylic acids is 1. The Kier molecular flexibility index (Phi) is 5.77. The SMILES string of the molecule is COC(=O)C1=C(C)N=c2s/c(=C/c3cccc(Br)c3)c(=O)n2C1c1ccc(Cl)cc1. The quantitative estimate of drug-likeness (QED) is 0.511. The van der Waals surface area contributed by atoms with Crippen LogP contribution in [0, 0.1) is 0 Å². The van der Waals surface area contributed by atoms with Gasteiger partial charge in [-0.05, 0) is 48.4 Å². The minimum absolute atomic E-state index is 0.215. The van der Waals surface area contributed by atoms with Crippen LogP contribution < -0.4 is 14.9 Å². The van der Waals surface area contributed by atoms with Crippen LogP contribution in [0.3, 0.4) is 0 Å². The highest BCUT2D eigenvalue weighted by Gasteiger charge is 2.32. The Morgan fingerprint density at radius 3 is 2.67 bits per heavy atom. The number of esters is 1. The van der Waals surface area contributed by atoms with Gasteiger partial charge in [0.2, 0.25) is 0 Å². The van der Waals surface area contributed by atoms with Gasteiger partial charge in [-0.1, -0.05) is 63.1 Å². The number of nitrogens with zero attached hydrogens (tertiary/aromatic N) is 2. The molecule has 0 saturated heterocycles. The lowest BCUT2D eigenvalue weighted by molar-refractivity contribution is -0.136. The van der Waals surface area contributed by atoms with E-state index in [9.17, 15) is 9.59 Å². The first-order valence-electron chi connectivity index (χ1n) is 9.01. The monoisotopic (exact) mass is 502 g/mol. The van der Waals surface area contributed by atoms with Gasteiger partial charge in [0.25, 0.3) is 5.56 Å². The lowest BCUT2D eigenvalue weighted by atomic mass is 9.96. The predicted molar refractivity (Wildman–Crippen MR) is 121 cm³/mol. The second-order valence-electron chi connectivity index (χ2n) is 6.68. The molecule has 2 heterocycles. The van der Waals surface area contributed by atoms with E-state index in [4.69, 9.17) is 16.3 Å². The van der Waals surface area contributed by atoms with Crippen molar-refractivity contribution in [2.45, 2.75) is 13.0 Å². The molecule has 1 aliphatic heterocycles. The van der Waals surface area contributed by atoms with Crippen molar-refractivity contribution >= 4 is 50.9 Å². The van der Waals surface area contributed by atoms with Crippen molar-refractivity contribution in [3.05, 3.63) is 100 Å². The molecule has 0 bridgehead atoms. The third-order valence-electron chi connectivity index (χ3n) is 4.76. The van der Waals surface area contributed by atoms with Crippen molar-refractivity contribution < 1.29 is 9.53 Å². The zero-order valence-electron chi connectivity index (χ0n) is 16.1. The van der Waals surface area contributed by atoms with Gasteiger partial charge >= 0.3 is 5.97 Å². The fourth-order valence-corrected chi connectivity index (χ4v) is 4.99. The molecule has 2 aromatic carbocycles. The number of hydrogen-bond donors (Lipinski definition) is 0. The normalized spacial score (nSPS) is 16.3. The number of carbonyl (C=O) groups is 1. The fourth-order valence-electron chi connectivity index (χ4n) is 3.40. The number of aromatic nitrogens is 1. The summed E-state index contributed by atoms with van der Waals surface area (Å²) in [5, 5.41) is 0.570. The molecule has 0 N–H and O–H groups in total. The summed E-state index contributed by atoms with van der Waals surface area (Å²) >= 11 is 10.8. The highest BCUT2D eigenvalue weighted by Crippen LogP contribution is 2.31. The molecular weight excluding hydrogens is 488 g/mol. The van der Waals surface area contributed by atoms with Crippen molar-refractivity contribution in [1.29, 1.82) is 0 Å². The van der Waals surface area contributed by atoms with Gasteiger partial charge < -0.3 is 4.74 Å². The zero-order valence-corrected chi connectivity index (χ0v) is 19.2. The molecule has 1 unspecified atom stereocenters. The molecule has 0 amide bonds. The van der Waals surface area contributed by atoms with Gasteiger partial charge in [0, 0.05) is 9.50 Å². The zero-order chi connectivity index (χ0) is 21.4. The van der Waals surface area contributed by atoms with Crippen molar-refractivity contribution in [2.75, 3.05) is 7.11 Å². The summed E-state index contributed by atoms with van der Waals surface area (Å²) in [6.45, 7) is 1.75. The van der Waals surface area contributed by atoms with Crippen molar-refractivity contribution in [3.63, 3.8) is 0 Å². The van der Waals surface area contributed by atoms with E-state index in [0.29, 0.717) is 25.6 Å². The van der Waals surface area contributed by atoms with E-state index in [-0.39, 0.29) is 5.56 Å². The topological polar surface area (TPSA) is 60.7 Å². The maximum Gasteiger partial charge on any atom is 0.338 e. The van der Waals surface area contributed by atoms with Gasteiger partial charge in [-0.15, -0.1) is 0 Å². The molecule has 152 valence electrons. The minimum atomic E-state index is -0.643. The van der Waals surface area contributed by atoms with E-state index in [1.54, 1.807) is 35.8 Å². The Labute approximate surface area is 189 Å². The number of ether oxygens (including phenoxy) is 1. The lowest BCUT2D eigenvalue weighted by Gasteiger charge is -2.24. The first-order chi connectivity index (χ1) is 14.4. The number of thiazole rings is 1. The van der Waals surface area contributed by atoms with E-state index in [1.165, 1.54) is 18.4 Å². The first-order valence-corrected chi connectivity index (χ1v) is 11.0. The van der Waals surface area contributed by atoms with Gasteiger partial charge in [-0.3, -0.25) is 9.36 Å². The molecule has 0 saturated carbocycles. The highest BCUT2D eigenvalue weighted by atomic mass is 79.9. The summed E-state index contributed by atoms with van der Waals surface area (Å²) in [6, 6.07) is 14.1. The molecule has 0 spiro atoms. The van der Waals surface area contributed by atoms with Crippen LogP contribution in [-0.2, 0) is 9.53 Å². The number of allylic oxidation sites excluding steroid dienone is 1. The standard InChI is InChI=1S/C22H16BrClN2O3S/c1-12-18(21(28)29-2)19(14-6-8-16(24)9-7-14)26-20(27)17(30-22(26)25-12)11-13-4-3-5-15(23)10-13/h3-11,19H,1-2H3/b17-11+. The number of rotatable bonds is 3.